The summed E-state index contributed by atoms with van der Waals surface area (Å²) in [7, 11) is 0. The van der Waals surface area contributed by atoms with Gasteiger partial charge in [-0.15, -0.1) is 0 Å². The molecule has 0 spiro atoms. The maximum atomic E-state index is 13.3. The van der Waals surface area contributed by atoms with Crippen LogP contribution in [0.2, 0.25) is 0 Å². The zero-order valence-corrected chi connectivity index (χ0v) is 8.93. The summed E-state index contributed by atoms with van der Waals surface area (Å²) in [5, 5.41) is 10.2. The molecule has 0 aliphatic heterocycles. The van der Waals surface area contributed by atoms with E-state index in [1.807, 2.05) is 5.16 Å². The van der Waals surface area contributed by atoms with Crippen molar-refractivity contribution in [2.24, 2.45) is 5.16 Å². The molecule has 106 valence electrons. The smallest absolute Gasteiger partial charge is 0.410 e. The van der Waals surface area contributed by atoms with E-state index in [9.17, 15) is 30.7 Å². The molecule has 0 fully saturated rings. The molecule has 0 aliphatic rings. The number of nitrogens with zero attached hydrogens (tertiary/aromatic N) is 1. The van der Waals surface area contributed by atoms with E-state index in [0.717, 1.165) is 24.3 Å². The molecule has 1 aromatic rings. The number of hydrogen-bond acceptors (Lipinski definition) is 2. The Morgan fingerprint density at radius 1 is 0.895 bits per heavy atom. The Hall–Kier alpha value is -1.80. The number of halogens is 7. The fraction of sp³-hybridized carbons (Fsp3) is 0.300. The quantitative estimate of drug-likeness (QED) is 0.391. The lowest BCUT2D eigenvalue weighted by Gasteiger charge is -2.28. The Labute approximate surface area is 102 Å². The Morgan fingerprint density at radius 2 is 1.37 bits per heavy atom. The average molecular weight is 289 g/mol. The lowest BCUT2D eigenvalue weighted by molar-refractivity contribution is -0.336. The monoisotopic (exact) mass is 289 g/mol. The minimum Gasteiger partial charge on any atom is -0.410 e. The van der Waals surface area contributed by atoms with Crippen molar-refractivity contribution in [1.82, 2.24) is 0 Å². The molecule has 0 aromatic heterocycles. The molecule has 9 heteroatoms. The van der Waals surface area contributed by atoms with Gasteiger partial charge in [-0.2, -0.15) is 30.7 Å². The van der Waals surface area contributed by atoms with Gasteiger partial charge in [-0.05, 0) is 0 Å². The molecule has 1 rings (SSSR count). The van der Waals surface area contributed by atoms with Crippen LogP contribution in [0.25, 0.3) is 0 Å². The van der Waals surface area contributed by atoms with Crippen molar-refractivity contribution in [3.63, 3.8) is 0 Å². The molecule has 0 amide bonds. The highest BCUT2D eigenvalue weighted by molar-refractivity contribution is 6.06. The van der Waals surface area contributed by atoms with E-state index in [0.29, 0.717) is 0 Å². The van der Waals surface area contributed by atoms with Gasteiger partial charge in [-0.25, -0.2) is 0 Å². The van der Waals surface area contributed by atoms with E-state index in [4.69, 9.17) is 5.21 Å². The first-order valence-electron chi connectivity index (χ1n) is 4.66. The first-order valence-corrected chi connectivity index (χ1v) is 4.66. The molecule has 0 saturated heterocycles. The molecule has 1 aromatic carbocycles. The lowest BCUT2D eigenvalue weighted by atomic mass is 9.99. The molecule has 0 saturated carbocycles. The van der Waals surface area contributed by atoms with E-state index >= 15 is 0 Å². The first-order chi connectivity index (χ1) is 8.55. The highest BCUT2D eigenvalue weighted by Gasteiger charge is 2.75. The van der Waals surface area contributed by atoms with E-state index in [-0.39, 0.29) is 0 Å². The van der Waals surface area contributed by atoms with E-state index < -0.39 is 29.3 Å². The highest BCUT2D eigenvalue weighted by Crippen LogP contribution is 2.47. The molecular formula is C10H6F7NO. The van der Waals surface area contributed by atoms with Crippen molar-refractivity contribution in [2.75, 3.05) is 0 Å². The fourth-order valence-electron chi connectivity index (χ4n) is 1.22. The molecule has 0 unspecified atom stereocenters. The van der Waals surface area contributed by atoms with Gasteiger partial charge >= 0.3 is 18.0 Å². The van der Waals surface area contributed by atoms with E-state index in [2.05, 4.69) is 0 Å². The van der Waals surface area contributed by atoms with Crippen LogP contribution in [0.5, 0.6) is 0 Å². The normalized spacial score (nSPS) is 14.6. The fourth-order valence-corrected chi connectivity index (χ4v) is 1.22. The molecule has 0 aliphatic carbocycles. The van der Waals surface area contributed by atoms with Crippen LogP contribution in [0.1, 0.15) is 5.56 Å². The summed E-state index contributed by atoms with van der Waals surface area (Å²) >= 11 is 0. The van der Waals surface area contributed by atoms with E-state index in [1.165, 1.54) is 6.07 Å². The van der Waals surface area contributed by atoms with Gasteiger partial charge in [0.25, 0.3) is 0 Å². The summed E-state index contributed by atoms with van der Waals surface area (Å²) in [6.45, 7) is 0. The van der Waals surface area contributed by atoms with Crippen molar-refractivity contribution >= 4 is 5.71 Å². The van der Waals surface area contributed by atoms with Crippen molar-refractivity contribution < 1.29 is 35.9 Å². The standard InChI is InChI=1S/C10H6F7NO/c11-8(12,9(13,14)10(15,16)17)7(18-19)6-4-2-1-3-5-6/h1-5,19H/b18-7-. The SMILES string of the molecule is O/N=C(/c1ccccc1)C(F)(F)C(F)(F)C(F)(F)F. The van der Waals surface area contributed by atoms with E-state index in [1.54, 1.807) is 0 Å². The van der Waals surface area contributed by atoms with Gasteiger partial charge in [-0.1, -0.05) is 35.5 Å². The molecule has 0 bridgehead atoms. The maximum Gasteiger partial charge on any atom is 0.460 e. The summed E-state index contributed by atoms with van der Waals surface area (Å²) in [4.78, 5) is 0. The van der Waals surface area contributed by atoms with Crippen molar-refractivity contribution in [3.05, 3.63) is 35.9 Å². The van der Waals surface area contributed by atoms with Crippen LogP contribution >= 0.6 is 0 Å². The molecule has 0 heterocycles. The molecular weight excluding hydrogens is 283 g/mol. The summed E-state index contributed by atoms with van der Waals surface area (Å²) in [5.41, 5.74) is -2.81. The van der Waals surface area contributed by atoms with Gasteiger partial charge in [0.05, 0.1) is 0 Å². The Bertz CT molecular complexity index is 467. The second-order valence-corrected chi connectivity index (χ2v) is 3.46. The van der Waals surface area contributed by atoms with Crippen LogP contribution in [0.15, 0.2) is 35.5 Å². The Kier molecular flexibility index (Phi) is 3.78. The molecule has 19 heavy (non-hydrogen) atoms. The van der Waals surface area contributed by atoms with Crippen LogP contribution in [-0.2, 0) is 0 Å². The largest absolute Gasteiger partial charge is 0.460 e. The number of alkyl halides is 7. The lowest BCUT2D eigenvalue weighted by Crippen LogP contribution is -2.56. The molecule has 0 atom stereocenters. The summed E-state index contributed by atoms with van der Waals surface area (Å²) < 4.78 is 88.0. The van der Waals surface area contributed by atoms with Gasteiger partial charge in [0.1, 0.15) is 0 Å². The maximum absolute atomic E-state index is 13.3. The minimum absolute atomic E-state index is 0.751. The van der Waals surface area contributed by atoms with Crippen LogP contribution in [0, 0.1) is 0 Å². The first kappa shape index (κ1) is 15.3. The van der Waals surface area contributed by atoms with Gasteiger partial charge in [0, 0.05) is 5.56 Å². The summed E-state index contributed by atoms with van der Waals surface area (Å²) in [6.07, 6.45) is -6.48. The van der Waals surface area contributed by atoms with Crippen LogP contribution in [-0.4, -0.2) is 28.9 Å². The van der Waals surface area contributed by atoms with Gasteiger partial charge in [0.15, 0.2) is 5.71 Å². The predicted octanol–water partition coefficient (Wildman–Crippen LogP) is 3.70. The molecule has 0 radical (unpaired) electrons. The zero-order valence-electron chi connectivity index (χ0n) is 8.93. The van der Waals surface area contributed by atoms with Gasteiger partial charge in [-0.3, -0.25) is 0 Å². The van der Waals surface area contributed by atoms with Crippen LogP contribution < -0.4 is 0 Å². The Balaban J connectivity index is 3.33. The second-order valence-electron chi connectivity index (χ2n) is 3.46. The van der Waals surface area contributed by atoms with Crippen LogP contribution in [0.4, 0.5) is 30.7 Å². The third-order valence-corrected chi connectivity index (χ3v) is 2.19. The average Bonchev–Trinajstić information content (AvgIpc) is 2.29. The molecule has 2 nitrogen and oxygen atoms in total. The van der Waals surface area contributed by atoms with Crippen LogP contribution in [0.3, 0.4) is 0 Å². The second kappa shape index (κ2) is 4.71. The Morgan fingerprint density at radius 3 is 1.74 bits per heavy atom. The third kappa shape index (κ3) is 2.49. The predicted molar refractivity (Wildman–Crippen MR) is 50.7 cm³/mol. The zero-order chi connectivity index (χ0) is 14.9. The number of benzene rings is 1. The highest BCUT2D eigenvalue weighted by atomic mass is 19.4. The van der Waals surface area contributed by atoms with Crippen molar-refractivity contribution in [3.8, 4) is 0 Å². The van der Waals surface area contributed by atoms with Crippen molar-refractivity contribution in [2.45, 2.75) is 18.0 Å². The molecule has 1 N–H and O–H groups in total. The van der Waals surface area contributed by atoms with Crippen molar-refractivity contribution in [1.29, 1.82) is 0 Å². The summed E-state index contributed by atoms with van der Waals surface area (Å²) in [5.74, 6) is -12.1. The minimum atomic E-state index is -6.48. The number of rotatable bonds is 3. The third-order valence-electron chi connectivity index (χ3n) is 2.19. The topological polar surface area (TPSA) is 32.6 Å². The van der Waals surface area contributed by atoms with Gasteiger partial charge in [0.2, 0.25) is 0 Å². The number of hydrogen-bond donors (Lipinski definition) is 1. The number of oxime groups is 1. The summed E-state index contributed by atoms with van der Waals surface area (Å²) in [6, 6.07) is 5.17. The van der Waals surface area contributed by atoms with Gasteiger partial charge < -0.3 is 5.21 Å².